The van der Waals surface area contributed by atoms with Crippen molar-refractivity contribution in [2.45, 2.75) is 38.6 Å². The lowest BCUT2D eigenvalue weighted by Gasteiger charge is -2.36. The highest BCUT2D eigenvalue weighted by Crippen LogP contribution is 2.26. The Labute approximate surface area is 154 Å². The molecule has 138 valence electrons. The maximum absolute atomic E-state index is 12.6. The fourth-order valence-corrected chi connectivity index (χ4v) is 3.95. The van der Waals surface area contributed by atoms with Gasteiger partial charge < -0.3 is 9.42 Å². The Morgan fingerprint density at radius 2 is 1.77 bits per heavy atom. The zero-order valence-electron chi connectivity index (χ0n) is 15.1. The van der Waals surface area contributed by atoms with Gasteiger partial charge in [-0.05, 0) is 25.0 Å². The van der Waals surface area contributed by atoms with Crippen molar-refractivity contribution in [2.24, 2.45) is 5.92 Å². The first-order valence-electron chi connectivity index (χ1n) is 9.69. The Balaban J connectivity index is 1.29. The zero-order valence-corrected chi connectivity index (χ0v) is 15.1. The molecule has 2 aliphatic rings. The topological polar surface area (TPSA) is 62.5 Å². The highest BCUT2D eigenvalue weighted by Gasteiger charge is 2.28. The number of aromatic nitrogens is 2. The van der Waals surface area contributed by atoms with Gasteiger partial charge in [0, 0.05) is 37.7 Å². The predicted octanol–water partition coefficient (Wildman–Crippen LogP) is 2.96. The van der Waals surface area contributed by atoms with Gasteiger partial charge in [0.1, 0.15) is 0 Å². The number of hydrogen-bond acceptors (Lipinski definition) is 5. The van der Waals surface area contributed by atoms with Crippen molar-refractivity contribution >= 4 is 5.91 Å². The summed E-state index contributed by atoms with van der Waals surface area (Å²) in [5.74, 6) is 1.90. The Hall–Kier alpha value is -2.21. The van der Waals surface area contributed by atoms with E-state index in [-0.39, 0.29) is 5.92 Å². The van der Waals surface area contributed by atoms with Crippen LogP contribution in [-0.2, 0) is 11.3 Å². The van der Waals surface area contributed by atoms with E-state index in [1.807, 2.05) is 30.3 Å². The van der Waals surface area contributed by atoms with E-state index in [2.05, 4.69) is 19.9 Å². The van der Waals surface area contributed by atoms with Gasteiger partial charge in [0.15, 0.2) is 5.82 Å². The van der Waals surface area contributed by atoms with Crippen molar-refractivity contribution in [3.63, 3.8) is 0 Å². The number of amides is 1. The van der Waals surface area contributed by atoms with Gasteiger partial charge in [-0.1, -0.05) is 42.6 Å². The first kappa shape index (κ1) is 17.2. The van der Waals surface area contributed by atoms with Crippen LogP contribution in [0.25, 0.3) is 11.5 Å². The summed E-state index contributed by atoms with van der Waals surface area (Å²) < 4.78 is 5.38. The summed E-state index contributed by atoms with van der Waals surface area (Å²) in [6, 6.07) is 9.82. The highest BCUT2D eigenvalue weighted by molar-refractivity contribution is 5.79. The lowest BCUT2D eigenvalue weighted by Crippen LogP contribution is -2.50. The van der Waals surface area contributed by atoms with Gasteiger partial charge in [0.25, 0.3) is 5.89 Å². The minimum absolute atomic E-state index is 0.265. The summed E-state index contributed by atoms with van der Waals surface area (Å²) in [5, 5.41) is 4.11. The van der Waals surface area contributed by atoms with Gasteiger partial charge >= 0.3 is 0 Å². The second-order valence-electron chi connectivity index (χ2n) is 7.32. The molecule has 0 bridgehead atoms. The van der Waals surface area contributed by atoms with E-state index >= 15 is 0 Å². The van der Waals surface area contributed by atoms with Gasteiger partial charge in [0.05, 0.1) is 6.54 Å². The molecule has 2 fully saturated rings. The third-order valence-corrected chi connectivity index (χ3v) is 5.49. The lowest BCUT2D eigenvalue weighted by atomic mass is 9.88. The Kier molecular flexibility index (Phi) is 5.29. The molecule has 1 aliphatic carbocycles. The molecule has 1 saturated heterocycles. The molecule has 2 heterocycles. The molecule has 1 aromatic heterocycles. The summed E-state index contributed by atoms with van der Waals surface area (Å²) in [7, 11) is 0. The number of rotatable bonds is 4. The van der Waals surface area contributed by atoms with Crippen LogP contribution in [0.15, 0.2) is 34.9 Å². The molecule has 1 aliphatic heterocycles. The number of carbonyl (C=O) groups excluding carboxylic acids is 1. The summed E-state index contributed by atoms with van der Waals surface area (Å²) in [6.45, 7) is 4.01. The van der Waals surface area contributed by atoms with Crippen LogP contribution in [0.4, 0.5) is 0 Å². The molecule has 6 heteroatoms. The molecule has 1 aromatic carbocycles. The van der Waals surface area contributed by atoms with Crippen molar-refractivity contribution in [3.8, 4) is 11.5 Å². The molecule has 0 radical (unpaired) electrons. The minimum Gasteiger partial charge on any atom is -0.340 e. The van der Waals surface area contributed by atoms with E-state index in [4.69, 9.17) is 4.52 Å². The van der Waals surface area contributed by atoms with Crippen LogP contribution in [0.5, 0.6) is 0 Å². The number of hydrogen-bond donors (Lipinski definition) is 0. The van der Waals surface area contributed by atoms with E-state index in [1.54, 1.807) is 0 Å². The minimum atomic E-state index is 0.265. The van der Waals surface area contributed by atoms with Gasteiger partial charge in [-0.3, -0.25) is 9.69 Å². The lowest BCUT2D eigenvalue weighted by molar-refractivity contribution is -0.138. The normalized spacial score (nSPS) is 19.6. The molecule has 0 N–H and O–H groups in total. The molecule has 1 amide bonds. The van der Waals surface area contributed by atoms with E-state index in [1.165, 1.54) is 19.3 Å². The fraction of sp³-hybridized carbons (Fsp3) is 0.550. The first-order valence-corrected chi connectivity index (χ1v) is 9.69. The van der Waals surface area contributed by atoms with E-state index in [0.29, 0.717) is 24.2 Å². The maximum Gasteiger partial charge on any atom is 0.257 e. The molecule has 0 atom stereocenters. The smallest absolute Gasteiger partial charge is 0.257 e. The molecule has 26 heavy (non-hydrogen) atoms. The summed E-state index contributed by atoms with van der Waals surface area (Å²) in [4.78, 5) is 21.5. The Morgan fingerprint density at radius 3 is 2.50 bits per heavy atom. The van der Waals surface area contributed by atoms with Gasteiger partial charge in [-0.25, -0.2) is 0 Å². The largest absolute Gasteiger partial charge is 0.340 e. The zero-order chi connectivity index (χ0) is 17.8. The molecule has 6 nitrogen and oxygen atoms in total. The standard InChI is InChI=1S/C20H26N4O2/c25-20(17-9-5-2-6-10-17)24-13-11-23(12-14-24)15-18-21-19(26-22-18)16-7-3-1-4-8-16/h1,3-4,7-8,17H,2,5-6,9-15H2. The Bertz CT molecular complexity index is 716. The molecular formula is C20H26N4O2. The van der Waals surface area contributed by atoms with Crippen LogP contribution in [0.2, 0.25) is 0 Å². The van der Waals surface area contributed by atoms with Crippen LogP contribution in [0.3, 0.4) is 0 Å². The van der Waals surface area contributed by atoms with Crippen molar-refractivity contribution in [2.75, 3.05) is 26.2 Å². The van der Waals surface area contributed by atoms with Crippen LogP contribution in [0, 0.1) is 5.92 Å². The van der Waals surface area contributed by atoms with Crippen LogP contribution in [-0.4, -0.2) is 52.0 Å². The first-order chi connectivity index (χ1) is 12.8. The molecule has 2 aromatic rings. The fourth-order valence-electron chi connectivity index (χ4n) is 3.95. The molecule has 1 saturated carbocycles. The van der Waals surface area contributed by atoms with Crippen LogP contribution in [0.1, 0.15) is 37.9 Å². The summed E-state index contributed by atoms with van der Waals surface area (Å²) in [6.07, 6.45) is 5.84. The summed E-state index contributed by atoms with van der Waals surface area (Å²) >= 11 is 0. The number of carbonyl (C=O) groups is 1. The Morgan fingerprint density at radius 1 is 1.04 bits per heavy atom. The number of nitrogens with zero attached hydrogens (tertiary/aromatic N) is 4. The van der Waals surface area contributed by atoms with Gasteiger partial charge in [0.2, 0.25) is 5.91 Å². The third-order valence-electron chi connectivity index (χ3n) is 5.49. The summed E-state index contributed by atoms with van der Waals surface area (Å²) in [5.41, 5.74) is 0.939. The van der Waals surface area contributed by atoms with Gasteiger partial charge in [-0.15, -0.1) is 0 Å². The van der Waals surface area contributed by atoms with E-state index in [9.17, 15) is 4.79 Å². The van der Waals surface area contributed by atoms with Crippen LogP contribution >= 0.6 is 0 Å². The molecule has 4 rings (SSSR count). The monoisotopic (exact) mass is 354 g/mol. The van der Waals surface area contributed by atoms with Gasteiger partial charge in [-0.2, -0.15) is 4.98 Å². The molecule has 0 spiro atoms. The molecular weight excluding hydrogens is 328 g/mol. The second-order valence-corrected chi connectivity index (χ2v) is 7.32. The van der Waals surface area contributed by atoms with Crippen molar-refractivity contribution < 1.29 is 9.32 Å². The quantitative estimate of drug-likeness (QED) is 0.845. The number of benzene rings is 1. The van der Waals surface area contributed by atoms with E-state index < -0.39 is 0 Å². The predicted molar refractivity (Wildman–Crippen MR) is 98.2 cm³/mol. The van der Waals surface area contributed by atoms with Crippen LogP contribution < -0.4 is 0 Å². The van der Waals surface area contributed by atoms with E-state index in [0.717, 1.165) is 44.6 Å². The average Bonchev–Trinajstić information content (AvgIpc) is 3.18. The SMILES string of the molecule is O=C(C1CCCCC1)N1CCN(Cc2noc(-c3ccccc3)n2)CC1. The highest BCUT2D eigenvalue weighted by atomic mass is 16.5. The van der Waals surface area contributed by atoms with Crippen molar-refractivity contribution in [1.29, 1.82) is 0 Å². The number of piperazine rings is 1. The van der Waals surface area contributed by atoms with Crippen molar-refractivity contribution in [3.05, 3.63) is 36.2 Å². The maximum atomic E-state index is 12.6. The van der Waals surface area contributed by atoms with Crippen molar-refractivity contribution in [1.82, 2.24) is 19.9 Å². The second kappa shape index (κ2) is 7.99. The third kappa shape index (κ3) is 3.96. The average molecular weight is 354 g/mol. The molecule has 0 unspecified atom stereocenters.